The van der Waals surface area contributed by atoms with Gasteiger partial charge in [-0.3, -0.25) is 4.79 Å². The second-order valence-electron chi connectivity index (χ2n) is 5.27. The SMILES string of the molecule is C[C@@H](Cc1ccc(Br)cc1)NC(=O)C[C@H]1C=CCC1. The fourth-order valence-corrected chi connectivity index (χ4v) is 2.73. The molecule has 3 heteroatoms. The molecule has 2 atom stereocenters. The average Bonchev–Trinajstić information content (AvgIpc) is 2.84. The van der Waals surface area contributed by atoms with Crippen LogP contribution >= 0.6 is 15.9 Å². The Morgan fingerprint density at radius 2 is 2.16 bits per heavy atom. The number of hydrogen-bond donors (Lipinski definition) is 1. The summed E-state index contributed by atoms with van der Waals surface area (Å²) in [6.07, 6.45) is 8.07. The van der Waals surface area contributed by atoms with Crippen LogP contribution < -0.4 is 5.32 Å². The predicted molar refractivity (Wildman–Crippen MR) is 81.9 cm³/mol. The minimum absolute atomic E-state index is 0.168. The number of benzene rings is 1. The predicted octanol–water partition coefficient (Wildman–Crippen LogP) is 3.85. The van der Waals surface area contributed by atoms with Crippen LogP contribution in [0.2, 0.25) is 0 Å². The molecule has 0 radical (unpaired) electrons. The second kappa shape index (κ2) is 6.90. The molecule has 1 aromatic carbocycles. The third-order valence-electron chi connectivity index (χ3n) is 3.42. The van der Waals surface area contributed by atoms with Gasteiger partial charge in [0, 0.05) is 16.9 Å². The smallest absolute Gasteiger partial charge is 0.220 e. The van der Waals surface area contributed by atoms with Gasteiger partial charge in [0.25, 0.3) is 0 Å². The Morgan fingerprint density at radius 3 is 2.79 bits per heavy atom. The van der Waals surface area contributed by atoms with Gasteiger partial charge in [-0.25, -0.2) is 0 Å². The van der Waals surface area contributed by atoms with Crippen molar-refractivity contribution in [3.8, 4) is 0 Å². The normalized spacial score (nSPS) is 19.4. The molecule has 0 saturated carbocycles. The van der Waals surface area contributed by atoms with Crippen molar-refractivity contribution < 1.29 is 4.79 Å². The molecule has 102 valence electrons. The van der Waals surface area contributed by atoms with Gasteiger partial charge in [0.1, 0.15) is 0 Å². The van der Waals surface area contributed by atoms with Crippen molar-refractivity contribution in [3.05, 3.63) is 46.5 Å². The zero-order valence-corrected chi connectivity index (χ0v) is 12.8. The maximum atomic E-state index is 11.9. The van der Waals surface area contributed by atoms with Gasteiger partial charge in [0.2, 0.25) is 5.91 Å². The Morgan fingerprint density at radius 1 is 1.42 bits per heavy atom. The van der Waals surface area contributed by atoms with Crippen LogP contribution in [0.1, 0.15) is 31.7 Å². The molecule has 0 bridgehead atoms. The Kier molecular flexibility index (Phi) is 5.20. The summed E-state index contributed by atoms with van der Waals surface area (Å²) in [6.45, 7) is 2.06. The molecule has 19 heavy (non-hydrogen) atoms. The van der Waals surface area contributed by atoms with Crippen LogP contribution in [0, 0.1) is 5.92 Å². The molecular weight excluding hydrogens is 302 g/mol. The Bertz CT molecular complexity index is 452. The lowest BCUT2D eigenvalue weighted by Crippen LogP contribution is -2.34. The summed E-state index contributed by atoms with van der Waals surface area (Å²) in [6, 6.07) is 8.43. The summed E-state index contributed by atoms with van der Waals surface area (Å²) in [5, 5.41) is 3.09. The van der Waals surface area contributed by atoms with E-state index in [4.69, 9.17) is 0 Å². The van der Waals surface area contributed by atoms with E-state index in [1.54, 1.807) is 0 Å². The van der Waals surface area contributed by atoms with Gasteiger partial charge in [0.05, 0.1) is 0 Å². The lowest BCUT2D eigenvalue weighted by atomic mass is 10.0. The van der Waals surface area contributed by atoms with Gasteiger partial charge >= 0.3 is 0 Å². The zero-order valence-electron chi connectivity index (χ0n) is 11.2. The van der Waals surface area contributed by atoms with E-state index in [-0.39, 0.29) is 11.9 Å². The number of allylic oxidation sites excluding steroid dienone is 2. The summed E-state index contributed by atoms with van der Waals surface area (Å²) in [7, 11) is 0. The highest BCUT2D eigenvalue weighted by molar-refractivity contribution is 9.10. The average molecular weight is 322 g/mol. The molecule has 0 unspecified atom stereocenters. The number of halogens is 1. The van der Waals surface area contributed by atoms with Crippen LogP contribution in [-0.2, 0) is 11.2 Å². The lowest BCUT2D eigenvalue weighted by molar-refractivity contribution is -0.122. The maximum absolute atomic E-state index is 11.9. The first kappa shape index (κ1) is 14.3. The summed E-state index contributed by atoms with van der Waals surface area (Å²) in [4.78, 5) is 11.9. The number of rotatable bonds is 5. The van der Waals surface area contributed by atoms with E-state index >= 15 is 0 Å². The molecule has 0 fully saturated rings. The van der Waals surface area contributed by atoms with Crippen LogP contribution in [0.4, 0.5) is 0 Å². The minimum Gasteiger partial charge on any atom is -0.353 e. The third-order valence-corrected chi connectivity index (χ3v) is 3.95. The number of carbonyl (C=O) groups is 1. The molecule has 1 aliphatic carbocycles. The molecule has 0 aliphatic heterocycles. The van der Waals surface area contributed by atoms with Gasteiger partial charge < -0.3 is 5.32 Å². The molecule has 0 heterocycles. The second-order valence-corrected chi connectivity index (χ2v) is 6.18. The molecule has 2 rings (SSSR count). The molecule has 0 spiro atoms. The molecule has 1 aliphatic rings. The summed E-state index contributed by atoms with van der Waals surface area (Å²) in [5.41, 5.74) is 1.25. The number of carbonyl (C=O) groups excluding carboxylic acids is 1. The van der Waals surface area contributed by atoms with Crippen LogP contribution in [0.25, 0.3) is 0 Å². The van der Waals surface area contributed by atoms with Crippen LogP contribution in [0.15, 0.2) is 40.9 Å². The first-order chi connectivity index (χ1) is 9.13. The number of amides is 1. The topological polar surface area (TPSA) is 29.1 Å². The first-order valence-electron chi connectivity index (χ1n) is 6.84. The molecule has 0 aromatic heterocycles. The van der Waals surface area contributed by atoms with Gasteiger partial charge in [-0.15, -0.1) is 0 Å². The van der Waals surface area contributed by atoms with Crippen molar-refractivity contribution in [2.75, 3.05) is 0 Å². The Hall–Kier alpha value is -1.09. The lowest BCUT2D eigenvalue weighted by Gasteiger charge is -2.15. The Balaban J connectivity index is 1.76. The largest absolute Gasteiger partial charge is 0.353 e. The zero-order chi connectivity index (χ0) is 13.7. The van der Waals surface area contributed by atoms with Crippen molar-refractivity contribution in [1.82, 2.24) is 5.32 Å². The molecule has 0 saturated heterocycles. The molecule has 1 N–H and O–H groups in total. The highest BCUT2D eigenvalue weighted by Gasteiger charge is 2.15. The Labute approximate surface area is 123 Å². The van der Waals surface area contributed by atoms with E-state index in [9.17, 15) is 4.79 Å². The fraction of sp³-hybridized carbons (Fsp3) is 0.438. The molecular formula is C16H20BrNO. The highest BCUT2D eigenvalue weighted by Crippen LogP contribution is 2.20. The number of nitrogens with one attached hydrogen (secondary N) is 1. The quantitative estimate of drug-likeness (QED) is 0.820. The fourth-order valence-electron chi connectivity index (χ4n) is 2.46. The van der Waals surface area contributed by atoms with Gasteiger partial charge in [-0.05, 0) is 49.8 Å². The van der Waals surface area contributed by atoms with E-state index in [0.29, 0.717) is 12.3 Å². The van der Waals surface area contributed by atoms with E-state index in [2.05, 4.69) is 52.5 Å². The van der Waals surface area contributed by atoms with Crippen LogP contribution in [0.3, 0.4) is 0 Å². The molecule has 2 nitrogen and oxygen atoms in total. The van der Waals surface area contributed by atoms with Gasteiger partial charge in [0.15, 0.2) is 0 Å². The van der Waals surface area contributed by atoms with Crippen molar-refractivity contribution >= 4 is 21.8 Å². The van der Waals surface area contributed by atoms with Crippen molar-refractivity contribution in [2.45, 2.75) is 38.6 Å². The van der Waals surface area contributed by atoms with Crippen LogP contribution in [-0.4, -0.2) is 11.9 Å². The van der Waals surface area contributed by atoms with Gasteiger partial charge in [-0.1, -0.05) is 40.2 Å². The van der Waals surface area contributed by atoms with Crippen molar-refractivity contribution in [3.63, 3.8) is 0 Å². The highest BCUT2D eigenvalue weighted by atomic mass is 79.9. The van der Waals surface area contributed by atoms with Crippen LogP contribution in [0.5, 0.6) is 0 Å². The van der Waals surface area contributed by atoms with Crippen molar-refractivity contribution in [1.29, 1.82) is 0 Å². The van der Waals surface area contributed by atoms with E-state index in [1.807, 2.05) is 12.1 Å². The van der Waals surface area contributed by atoms with Crippen molar-refractivity contribution in [2.24, 2.45) is 5.92 Å². The van der Waals surface area contributed by atoms with Gasteiger partial charge in [-0.2, -0.15) is 0 Å². The molecule has 1 amide bonds. The van der Waals surface area contributed by atoms with E-state index < -0.39 is 0 Å². The maximum Gasteiger partial charge on any atom is 0.220 e. The summed E-state index contributed by atoms with van der Waals surface area (Å²) < 4.78 is 1.08. The first-order valence-corrected chi connectivity index (χ1v) is 7.63. The molecule has 1 aromatic rings. The van der Waals surface area contributed by atoms with E-state index in [0.717, 1.165) is 23.7 Å². The summed E-state index contributed by atoms with van der Waals surface area (Å²) >= 11 is 3.42. The monoisotopic (exact) mass is 321 g/mol. The number of hydrogen-bond acceptors (Lipinski definition) is 1. The standard InChI is InChI=1S/C16H20BrNO/c1-12(10-14-6-8-15(17)9-7-14)18-16(19)11-13-4-2-3-5-13/h2,4,6-9,12-13H,3,5,10-11H2,1H3,(H,18,19)/t12-,13-/m0/s1. The summed E-state index contributed by atoms with van der Waals surface area (Å²) in [5.74, 6) is 0.612. The third kappa shape index (κ3) is 4.83. The minimum atomic E-state index is 0.168. The van der Waals surface area contributed by atoms with E-state index in [1.165, 1.54) is 5.56 Å².